The molecule has 0 aliphatic heterocycles. The highest BCUT2D eigenvalue weighted by atomic mass is 16.5. The van der Waals surface area contributed by atoms with Crippen molar-refractivity contribution in [3.63, 3.8) is 0 Å². The molecule has 0 saturated heterocycles. The fourth-order valence-electron chi connectivity index (χ4n) is 1.28. The highest BCUT2D eigenvalue weighted by molar-refractivity contribution is 5.71. The van der Waals surface area contributed by atoms with Crippen LogP contribution in [-0.4, -0.2) is 19.1 Å². The van der Waals surface area contributed by atoms with Gasteiger partial charge in [-0.25, -0.2) is 0 Å². The predicted molar refractivity (Wildman–Crippen MR) is 59.4 cm³/mol. The van der Waals surface area contributed by atoms with E-state index in [4.69, 9.17) is 10.00 Å². The molecule has 0 spiro atoms. The Morgan fingerprint density at radius 3 is 2.75 bits per heavy atom. The largest absolute Gasteiger partial charge is 0.465 e. The molecule has 1 N–H and O–H groups in total. The molecule has 1 atom stereocenters. The van der Waals surface area contributed by atoms with Crippen LogP contribution in [0.4, 0.5) is 0 Å². The molecule has 1 rings (SSSR count). The number of carbonyl (C=O) groups is 1. The number of benzene rings is 1. The quantitative estimate of drug-likeness (QED) is 0.759. The van der Waals surface area contributed by atoms with Crippen LogP contribution in [0.5, 0.6) is 0 Å². The zero-order chi connectivity index (χ0) is 11.8. The maximum Gasteiger partial charge on any atom is 0.319 e. The van der Waals surface area contributed by atoms with Gasteiger partial charge in [0.1, 0.15) is 6.04 Å². The van der Waals surface area contributed by atoms with Crippen LogP contribution in [0.3, 0.4) is 0 Å². The summed E-state index contributed by atoms with van der Waals surface area (Å²) in [6.07, 6.45) is 0. The number of rotatable bonds is 5. The Labute approximate surface area is 94.8 Å². The summed E-state index contributed by atoms with van der Waals surface area (Å²) in [5.41, 5.74) is 0.842. The number of hydrogen-bond acceptors (Lipinski definition) is 4. The van der Waals surface area contributed by atoms with Crippen LogP contribution in [0.15, 0.2) is 30.3 Å². The minimum absolute atomic E-state index is 0.0426. The van der Waals surface area contributed by atoms with Gasteiger partial charge in [-0.2, -0.15) is 5.26 Å². The van der Waals surface area contributed by atoms with E-state index in [0.29, 0.717) is 6.61 Å². The first-order valence-electron chi connectivity index (χ1n) is 5.11. The zero-order valence-electron chi connectivity index (χ0n) is 9.14. The van der Waals surface area contributed by atoms with E-state index in [1.54, 1.807) is 6.92 Å². The minimum Gasteiger partial charge on any atom is -0.465 e. The number of nitrogens with one attached hydrogen (secondary N) is 1. The van der Waals surface area contributed by atoms with Crippen LogP contribution < -0.4 is 5.32 Å². The van der Waals surface area contributed by atoms with Gasteiger partial charge < -0.3 is 4.74 Å². The fraction of sp³-hybridized carbons (Fsp3) is 0.333. The number of nitriles is 1. The number of esters is 1. The summed E-state index contributed by atoms with van der Waals surface area (Å²) < 4.78 is 4.76. The van der Waals surface area contributed by atoms with Crippen molar-refractivity contribution in [1.29, 1.82) is 5.26 Å². The molecule has 84 valence electrons. The van der Waals surface area contributed by atoms with Gasteiger partial charge in [-0.05, 0) is 12.5 Å². The third kappa shape index (κ3) is 3.71. The smallest absolute Gasteiger partial charge is 0.319 e. The Kier molecular flexibility index (Phi) is 5.03. The van der Waals surface area contributed by atoms with Crippen molar-refractivity contribution in [3.05, 3.63) is 35.9 Å². The van der Waals surface area contributed by atoms with Gasteiger partial charge in [0.15, 0.2) is 0 Å². The van der Waals surface area contributed by atoms with Crippen molar-refractivity contribution in [3.8, 4) is 6.07 Å². The third-order valence-corrected chi connectivity index (χ3v) is 2.02. The molecule has 4 nitrogen and oxygen atoms in total. The lowest BCUT2D eigenvalue weighted by molar-refractivity contribution is -0.142. The maximum atomic E-state index is 11.1. The van der Waals surface area contributed by atoms with Crippen molar-refractivity contribution in [2.75, 3.05) is 13.2 Å². The molecular weight excluding hydrogens is 204 g/mol. The van der Waals surface area contributed by atoms with Crippen molar-refractivity contribution < 1.29 is 9.53 Å². The minimum atomic E-state index is -0.481. The Morgan fingerprint density at radius 1 is 1.50 bits per heavy atom. The van der Waals surface area contributed by atoms with Gasteiger partial charge in [-0.15, -0.1) is 0 Å². The lowest BCUT2D eigenvalue weighted by Crippen LogP contribution is -2.28. The van der Waals surface area contributed by atoms with E-state index < -0.39 is 6.04 Å². The van der Waals surface area contributed by atoms with Gasteiger partial charge in [0.2, 0.25) is 0 Å². The molecule has 0 aromatic heterocycles. The van der Waals surface area contributed by atoms with Gasteiger partial charge in [0.25, 0.3) is 0 Å². The lowest BCUT2D eigenvalue weighted by Gasteiger charge is -2.10. The van der Waals surface area contributed by atoms with E-state index in [-0.39, 0.29) is 12.5 Å². The van der Waals surface area contributed by atoms with Crippen molar-refractivity contribution >= 4 is 5.97 Å². The van der Waals surface area contributed by atoms with Crippen molar-refractivity contribution in [1.82, 2.24) is 5.32 Å². The van der Waals surface area contributed by atoms with Crippen molar-refractivity contribution in [2.45, 2.75) is 13.0 Å². The van der Waals surface area contributed by atoms with Gasteiger partial charge >= 0.3 is 5.97 Å². The molecule has 0 radical (unpaired) electrons. The molecule has 0 bridgehead atoms. The first-order valence-corrected chi connectivity index (χ1v) is 5.11. The topological polar surface area (TPSA) is 62.1 Å². The summed E-state index contributed by atoms with van der Waals surface area (Å²) in [6.45, 7) is 2.14. The number of ether oxygens (including phenoxy) is 1. The number of carbonyl (C=O) groups excluding carboxylic acids is 1. The van der Waals surface area contributed by atoms with Crippen LogP contribution in [0, 0.1) is 11.3 Å². The normalized spacial score (nSPS) is 11.5. The molecule has 4 heteroatoms. The van der Waals surface area contributed by atoms with Gasteiger partial charge in [-0.3, -0.25) is 10.1 Å². The second kappa shape index (κ2) is 6.59. The Bertz CT molecular complexity index is 370. The summed E-state index contributed by atoms with van der Waals surface area (Å²) in [7, 11) is 0. The van der Waals surface area contributed by atoms with Gasteiger partial charge in [0.05, 0.1) is 19.2 Å². The molecule has 0 heterocycles. The molecule has 0 fully saturated rings. The summed E-state index contributed by atoms with van der Waals surface area (Å²) in [5, 5.41) is 11.8. The average Bonchev–Trinajstić information content (AvgIpc) is 2.31. The summed E-state index contributed by atoms with van der Waals surface area (Å²) >= 11 is 0. The van der Waals surface area contributed by atoms with Crippen molar-refractivity contribution in [2.24, 2.45) is 0 Å². The van der Waals surface area contributed by atoms with E-state index in [9.17, 15) is 4.79 Å². The fourth-order valence-corrected chi connectivity index (χ4v) is 1.28. The number of nitrogens with zero attached hydrogens (tertiary/aromatic N) is 1. The summed E-state index contributed by atoms with van der Waals surface area (Å²) in [5.74, 6) is -0.348. The monoisotopic (exact) mass is 218 g/mol. The Balaban J connectivity index is 2.51. The maximum absolute atomic E-state index is 11.1. The van der Waals surface area contributed by atoms with Crippen LogP contribution >= 0.6 is 0 Å². The summed E-state index contributed by atoms with van der Waals surface area (Å²) in [4.78, 5) is 11.1. The Morgan fingerprint density at radius 2 is 2.19 bits per heavy atom. The lowest BCUT2D eigenvalue weighted by atomic mass is 10.1. The standard InChI is InChI=1S/C12H14N2O2/c1-2-16-12(15)9-14-11(8-13)10-6-4-3-5-7-10/h3-7,11,14H,2,9H2,1H3/t11-/m1/s1. The Hall–Kier alpha value is -1.86. The van der Waals surface area contributed by atoms with E-state index in [1.165, 1.54) is 0 Å². The second-order valence-electron chi connectivity index (χ2n) is 3.16. The molecule has 0 aliphatic rings. The van der Waals surface area contributed by atoms with E-state index in [2.05, 4.69) is 11.4 Å². The number of hydrogen-bond donors (Lipinski definition) is 1. The van der Waals surface area contributed by atoms with E-state index in [1.807, 2.05) is 30.3 Å². The van der Waals surface area contributed by atoms with Crippen LogP contribution in [0.25, 0.3) is 0 Å². The third-order valence-electron chi connectivity index (χ3n) is 2.02. The molecular formula is C12H14N2O2. The highest BCUT2D eigenvalue weighted by Crippen LogP contribution is 2.10. The van der Waals surface area contributed by atoms with E-state index in [0.717, 1.165) is 5.56 Å². The predicted octanol–water partition coefficient (Wildman–Crippen LogP) is 1.40. The zero-order valence-corrected chi connectivity index (χ0v) is 9.14. The first kappa shape index (κ1) is 12.2. The molecule has 1 aromatic rings. The molecule has 16 heavy (non-hydrogen) atoms. The second-order valence-corrected chi connectivity index (χ2v) is 3.16. The van der Waals surface area contributed by atoms with Crippen LogP contribution in [0.2, 0.25) is 0 Å². The summed E-state index contributed by atoms with van der Waals surface area (Å²) in [6, 6.07) is 10.9. The van der Waals surface area contributed by atoms with Crippen LogP contribution in [0.1, 0.15) is 18.5 Å². The molecule has 0 aliphatic carbocycles. The molecule has 0 amide bonds. The SMILES string of the molecule is CCOC(=O)CN[C@H](C#N)c1ccccc1. The highest BCUT2D eigenvalue weighted by Gasteiger charge is 2.11. The molecule has 1 aromatic carbocycles. The van der Waals surface area contributed by atoms with E-state index >= 15 is 0 Å². The molecule has 0 saturated carbocycles. The van der Waals surface area contributed by atoms with Gasteiger partial charge in [0, 0.05) is 0 Å². The first-order chi connectivity index (χ1) is 7.77. The van der Waals surface area contributed by atoms with Gasteiger partial charge in [-0.1, -0.05) is 30.3 Å². The van der Waals surface area contributed by atoms with Crippen LogP contribution in [-0.2, 0) is 9.53 Å². The average molecular weight is 218 g/mol. The molecule has 0 unspecified atom stereocenters.